The van der Waals surface area contributed by atoms with Crippen LogP contribution in [0.25, 0.3) is 0 Å². The molecule has 3 heteroatoms. The summed E-state index contributed by atoms with van der Waals surface area (Å²) >= 11 is 0. The van der Waals surface area contributed by atoms with E-state index < -0.39 is 0 Å². The van der Waals surface area contributed by atoms with Crippen LogP contribution in [0.5, 0.6) is 0 Å². The molecular weight excluding hydrogens is 224 g/mol. The maximum Gasteiger partial charge on any atom is 0.220 e. The highest BCUT2D eigenvalue weighted by Gasteiger charge is 2.04. The molecule has 3 nitrogen and oxygen atoms in total. The Labute approximate surface area is 109 Å². The molecule has 0 unspecified atom stereocenters. The summed E-state index contributed by atoms with van der Waals surface area (Å²) in [5, 5.41) is 2.90. The minimum absolute atomic E-state index is 0.0865. The maximum absolute atomic E-state index is 11.5. The molecule has 0 aliphatic carbocycles. The number of hydrogen-bond acceptors (Lipinski definition) is 2. The highest BCUT2D eigenvalue weighted by atomic mass is 16.1. The van der Waals surface area contributed by atoms with Crippen molar-refractivity contribution in [3.8, 4) is 11.8 Å². The smallest absolute Gasteiger partial charge is 0.220 e. The third-order valence-electron chi connectivity index (χ3n) is 2.35. The number of carbonyl (C=O) groups is 1. The molecular formula is C15H20N2O. The first-order chi connectivity index (χ1) is 8.61. The molecule has 0 spiro atoms. The summed E-state index contributed by atoms with van der Waals surface area (Å²) in [5.41, 5.74) is 7.31. The van der Waals surface area contributed by atoms with E-state index in [0.717, 1.165) is 11.1 Å². The molecule has 0 aromatic heterocycles. The second-order valence-corrected chi connectivity index (χ2v) is 4.58. The summed E-state index contributed by atoms with van der Waals surface area (Å²) in [6.45, 7) is 4.96. The average molecular weight is 244 g/mol. The summed E-state index contributed by atoms with van der Waals surface area (Å²) < 4.78 is 0. The number of nitrogens with one attached hydrogen (secondary N) is 1. The molecule has 0 atom stereocenters. The van der Waals surface area contributed by atoms with Crippen molar-refractivity contribution in [2.45, 2.75) is 26.8 Å². The first-order valence-electron chi connectivity index (χ1n) is 6.16. The number of carbonyl (C=O) groups excluding carboxylic acids is 1. The zero-order valence-electron chi connectivity index (χ0n) is 11.0. The second kappa shape index (κ2) is 7.52. The Hall–Kier alpha value is -1.79. The van der Waals surface area contributed by atoms with E-state index in [-0.39, 0.29) is 5.91 Å². The van der Waals surface area contributed by atoms with Gasteiger partial charge in [0, 0.05) is 18.5 Å². The van der Waals surface area contributed by atoms with Crippen LogP contribution in [-0.4, -0.2) is 12.5 Å². The predicted octanol–water partition coefficient (Wildman–Crippen LogP) is 1.66. The Morgan fingerprint density at radius 2 is 2.22 bits per heavy atom. The fraction of sp³-hybridized carbons (Fsp3) is 0.400. The van der Waals surface area contributed by atoms with Gasteiger partial charge in [0.05, 0.1) is 6.54 Å². The van der Waals surface area contributed by atoms with Gasteiger partial charge in [0.15, 0.2) is 0 Å². The van der Waals surface area contributed by atoms with E-state index in [4.69, 9.17) is 5.73 Å². The molecule has 0 heterocycles. The van der Waals surface area contributed by atoms with Gasteiger partial charge in [0.25, 0.3) is 0 Å². The topological polar surface area (TPSA) is 55.1 Å². The molecule has 3 N–H and O–H groups in total. The minimum Gasteiger partial charge on any atom is -0.352 e. The van der Waals surface area contributed by atoms with Crippen LogP contribution in [0, 0.1) is 17.8 Å². The number of benzene rings is 1. The zero-order chi connectivity index (χ0) is 13.4. The van der Waals surface area contributed by atoms with Crippen LogP contribution in [0.1, 0.15) is 31.4 Å². The number of amides is 1. The van der Waals surface area contributed by atoms with Gasteiger partial charge >= 0.3 is 0 Å². The van der Waals surface area contributed by atoms with Crippen molar-refractivity contribution in [3.63, 3.8) is 0 Å². The van der Waals surface area contributed by atoms with E-state index >= 15 is 0 Å². The quantitative estimate of drug-likeness (QED) is 0.791. The van der Waals surface area contributed by atoms with Crippen molar-refractivity contribution in [2.75, 3.05) is 6.54 Å². The number of hydrogen-bond donors (Lipinski definition) is 2. The zero-order valence-corrected chi connectivity index (χ0v) is 11.0. The van der Waals surface area contributed by atoms with Crippen LogP contribution in [0.3, 0.4) is 0 Å². The third-order valence-corrected chi connectivity index (χ3v) is 2.35. The predicted molar refractivity (Wildman–Crippen MR) is 73.7 cm³/mol. The van der Waals surface area contributed by atoms with Gasteiger partial charge < -0.3 is 11.1 Å². The van der Waals surface area contributed by atoms with Crippen LogP contribution < -0.4 is 11.1 Å². The third kappa shape index (κ3) is 5.51. The lowest BCUT2D eigenvalue weighted by Crippen LogP contribution is -2.23. The van der Waals surface area contributed by atoms with Gasteiger partial charge in [-0.05, 0) is 23.6 Å². The lowest BCUT2D eigenvalue weighted by molar-refractivity contribution is -0.121. The van der Waals surface area contributed by atoms with Crippen LogP contribution in [-0.2, 0) is 11.3 Å². The molecule has 0 bridgehead atoms. The van der Waals surface area contributed by atoms with Crippen molar-refractivity contribution < 1.29 is 4.79 Å². The van der Waals surface area contributed by atoms with E-state index in [1.165, 1.54) is 0 Å². The molecule has 0 saturated carbocycles. The Kier molecular flexibility index (Phi) is 5.96. The molecule has 0 aliphatic heterocycles. The van der Waals surface area contributed by atoms with Crippen LogP contribution >= 0.6 is 0 Å². The average Bonchev–Trinajstić information content (AvgIpc) is 2.33. The molecule has 1 rings (SSSR count). The Bertz CT molecular complexity index is 455. The molecule has 0 fully saturated rings. The largest absolute Gasteiger partial charge is 0.352 e. The van der Waals surface area contributed by atoms with Crippen molar-refractivity contribution in [1.29, 1.82) is 0 Å². The van der Waals surface area contributed by atoms with Crippen LogP contribution in [0.2, 0.25) is 0 Å². The van der Waals surface area contributed by atoms with E-state index in [1.807, 2.05) is 38.1 Å². The summed E-state index contributed by atoms with van der Waals surface area (Å²) in [4.78, 5) is 11.5. The number of nitrogens with two attached hydrogens (primary N) is 1. The fourth-order valence-corrected chi connectivity index (χ4v) is 1.56. The Morgan fingerprint density at radius 1 is 1.44 bits per heavy atom. The van der Waals surface area contributed by atoms with Gasteiger partial charge in [-0.3, -0.25) is 4.79 Å². The van der Waals surface area contributed by atoms with Gasteiger partial charge in [-0.2, -0.15) is 0 Å². The van der Waals surface area contributed by atoms with Crippen molar-refractivity contribution in [3.05, 3.63) is 35.4 Å². The molecule has 0 aliphatic rings. The highest BCUT2D eigenvalue weighted by molar-refractivity contribution is 5.76. The lowest BCUT2D eigenvalue weighted by atomic mass is 10.1. The molecule has 96 valence electrons. The molecule has 1 aromatic carbocycles. The first kappa shape index (κ1) is 14.3. The van der Waals surface area contributed by atoms with E-state index in [9.17, 15) is 4.79 Å². The van der Waals surface area contributed by atoms with Gasteiger partial charge in [-0.25, -0.2) is 0 Å². The SMILES string of the molecule is CC(C)CC(=O)NCc1cccc(C#CCN)c1. The molecule has 18 heavy (non-hydrogen) atoms. The second-order valence-electron chi connectivity index (χ2n) is 4.58. The summed E-state index contributed by atoms with van der Waals surface area (Å²) in [5.74, 6) is 6.26. The lowest BCUT2D eigenvalue weighted by Gasteiger charge is -2.07. The van der Waals surface area contributed by atoms with E-state index in [1.54, 1.807) is 0 Å². The van der Waals surface area contributed by atoms with Crippen molar-refractivity contribution in [2.24, 2.45) is 11.7 Å². The van der Waals surface area contributed by atoms with Crippen LogP contribution in [0.15, 0.2) is 24.3 Å². The maximum atomic E-state index is 11.5. The van der Waals surface area contributed by atoms with Gasteiger partial charge in [-0.15, -0.1) is 0 Å². The first-order valence-corrected chi connectivity index (χ1v) is 6.16. The Balaban J connectivity index is 2.55. The normalized spacial score (nSPS) is 9.78. The van der Waals surface area contributed by atoms with E-state index in [0.29, 0.717) is 25.4 Å². The van der Waals surface area contributed by atoms with Crippen LogP contribution in [0.4, 0.5) is 0 Å². The molecule has 0 saturated heterocycles. The fourth-order valence-electron chi connectivity index (χ4n) is 1.56. The standard InChI is InChI=1S/C15H20N2O/c1-12(2)9-15(18)17-11-14-6-3-5-13(10-14)7-4-8-16/h3,5-6,10,12H,8-9,11,16H2,1-2H3,(H,17,18). The van der Waals surface area contributed by atoms with Gasteiger partial charge in [0.2, 0.25) is 5.91 Å². The molecule has 1 aromatic rings. The van der Waals surface area contributed by atoms with Crippen molar-refractivity contribution in [1.82, 2.24) is 5.32 Å². The van der Waals surface area contributed by atoms with Gasteiger partial charge in [0.1, 0.15) is 0 Å². The summed E-state index contributed by atoms with van der Waals surface area (Å²) in [6.07, 6.45) is 0.562. The molecule has 1 amide bonds. The Morgan fingerprint density at radius 3 is 2.89 bits per heavy atom. The molecule has 0 radical (unpaired) electrons. The van der Waals surface area contributed by atoms with Gasteiger partial charge in [-0.1, -0.05) is 37.8 Å². The number of rotatable bonds is 4. The summed E-state index contributed by atoms with van der Waals surface area (Å²) in [7, 11) is 0. The monoisotopic (exact) mass is 244 g/mol. The van der Waals surface area contributed by atoms with Crippen molar-refractivity contribution >= 4 is 5.91 Å². The highest BCUT2D eigenvalue weighted by Crippen LogP contribution is 2.05. The summed E-state index contributed by atoms with van der Waals surface area (Å²) in [6, 6.07) is 7.81. The van der Waals surface area contributed by atoms with E-state index in [2.05, 4.69) is 17.2 Å². The minimum atomic E-state index is 0.0865.